The highest BCUT2D eigenvalue weighted by atomic mass is 19.1. The lowest BCUT2D eigenvalue weighted by atomic mass is 10.1. The molecule has 1 atom stereocenters. The highest BCUT2D eigenvalue weighted by molar-refractivity contribution is 5.96. The van der Waals surface area contributed by atoms with Gasteiger partial charge in [-0.3, -0.25) is 4.79 Å². The number of aliphatic carboxylic acids is 1. The predicted octanol–water partition coefficient (Wildman–Crippen LogP) is 1.51. The zero-order chi connectivity index (χ0) is 13.2. The van der Waals surface area contributed by atoms with Gasteiger partial charge >= 0.3 is 5.97 Å². The molecule has 6 heteroatoms. The van der Waals surface area contributed by atoms with Gasteiger partial charge < -0.3 is 10.0 Å². The van der Waals surface area contributed by atoms with E-state index in [1.54, 1.807) is 0 Å². The van der Waals surface area contributed by atoms with Gasteiger partial charge in [0.2, 0.25) is 0 Å². The molecule has 1 unspecified atom stereocenters. The molecule has 1 aromatic carbocycles. The van der Waals surface area contributed by atoms with E-state index in [2.05, 4.69) is 0 Å². The maximum absolute atomic E-state index is 13.3. The van der Waals surface area contributed by atoms with Crippen LogP contribution in [0.15, 0.2) is 18.2 Å². The summed E-state index contributed by atoms with van der Waals surface area (Å²) in [6.07, 6.45) is 0. The fourth-order valence-electron chi connectivity index (χ4n) is 1.22. The molecule has 0 saturated carbocycles. The first kappa shape index (κ1) is 13.1. The Labute approximate surface area is 96.5 Å². The van der Waals surface area contributed by atoms with Crippen LogP contribution in [-0.2, 0) is 4.79 Å². The van der Waals surface area contributed by atoms with Gasteiger partial charge in [-0.1, -0.05) is 6.07 Å². The van der Waals surface area contributed by atoms with E-state index >= 15 is 0 Å². The predicted molar refractivity (Wildman–Crippen MR) is 55.5 cm³/mol. The van der Waals surface area contributed by atoms with Gasteiger partial charge in [0, 0.05) is 7.05 Å². The number of halogens is 2. The monoisotopic (exact) mass is 243 g/mol. The molecular formula is C11H11F2NO3. The zero-order valence-electron chi connectivity index (χ0n) is 9.28. The van der Waals surface area contributed by atoms with Gasteiger partial charge in [0.1, 0.15) is 23.2 Å². The molecule has 1 N–H and O–H groups in total. The molecule has 17 heavy (non-hydrogen) atoms. The Morgan fingerprint density at radius 3 is 2.18 bits per heavy atom. The van der Waals surface area contributed by atoms with Gasteiger partial charge in [-0.05, 0) is 19.1 Å². The first-order valence-corrected chi connectivity index (χ1v) is 4.80. The minimum Gasteiger partial charge on any atom is -0.480 e. The summed E-state index contributed by atoms with van der Waals surface area (Å²) in [5, 5.41) is 8.71. The van der Waals surface area contributed by atoms with Crippen LogP contribution >= 0.6 is 0 Å². The Kier molecular flexibility index (Phi) is 3.77. The Morgan fingerprint density at radius 1 is 1.29 bits per heavy atom. The highest BCUT2D eigenvalue weighted by Crippen LogP contribution is 2.15. The maximum atomic E-state index is 13.3. The fourth-order valence-corrected chi connectivity index (χ4v) is 1.22. The smallest absolute Gasteiger partial charge is 0.326 e. The number of likely N-dealkylation sites (N-methyl/N-ethyl adjacent to an activating group) is 1. The molecular weight excluding hydrogens is 232 g/mol. The second kappa shape index (κ2) is 4.90. The van der Waals surface area contributed by atoms with Crippen molar-refractivity contribution in [3.8, 4) is 0 Å². The average molecular weight is 243 g/mol. The number of hydrogen-bond donors (Lipinski definition) is 1. The van der Waals surface area contributed by atoms with Crippen molar-refractivity contribution in [1.82, 2.24) is 4.90 Å². The summed E-state index contributed by atoms with van der Waals surface area (Å²) in [7, 11) is 1.17. The number of benzene rings is 1. The Hall–Kier alpha value is -1.98. The van der Waals surface area contributed by atoms with E-state index in [0.29, 0.717) is 0 Å². The van der Waals surface area contributed by atoms with Crippen LogP contribution in [-0.4, -0.2) is 35.0 Å². The Balaban J connectivity index is 3.09. The lowest BCUT2D eigenvalue weighted by Gasteiger charge is -2.21. The topological polar surface area (TPSA) is 57.6 Å². The van der Waals surface area contributed by atoms with E-state index < -0.39 is 35.1 Å². The molecule has 1 aromatic rings. The molecule has 0 fully saturated rings. The number of carbonyl (C=O) groups is 2. The molecule has 0 spiro atoms. The van der Waals surface area contributed by atoms with Crippen LogP contribution < -0.4 is 0 Å². The van der Waals surface area contributed by atoms with Crippen LogP contribution in [0.25, 0.3) is 0 Å². The molecule has 0 aromatic heterocycles. The van der Waals surface area contributed by atoms with Crippen LogP contribution in [0.3, 0.4) is 0 Å². The van der Waals surface area contributed by atoms with Gasteiger partial charge in [-0.25, -0.2) is 13.6 Å². The molecule has 0 radical (unpaired) electrons. The number of carboxylic acids is 1. The van der Waals surface area contributed by atoms with Gasteiger partial charge in [0.25, 0.3) is 5.91 Å². The number of amides is 1. The maximum Gasteiger partial charge on any atom is 0.326 e. The lowest BCUT2D eigenvalue weighted by molar-refractivity contribution is -0.141. The van der Waals surface area contributed by atoms with Crippen molar-refractivity contribution in [2.24, 2.45) is 0 Å². The minimum absolute atomic E-state index is 0.747. The summed E-state index contributed by atoms with van der Waals surface area (Å²) >= 11 is 0. The summed E-state index contributed by atoms with van der Waals surface area (Å²) < 4.78 is 26.6. The van der Waals surface area contributed by atoms with E-state index in [9.17, 15) is 18.4 Å². The largest absolute Gasteiger partial charge is 0.480 e. The number of hydrogen-bond acceptors (Lipinski definition) is 2. The second-order valence-corrected chi connectivity index (χ2v) is 3.53. The highest BCUT2D eigenvalue weighted by Gasteiger charge is 2.26. The van der Waals surface area contributed by atoms with E-state index in [4.69, 9.17) is 5.11 Å². The summed E-state index contributed by atoms with van der Waals surface area (Å²) in [5.74, 6) is -4.29. The van der Waals surface area contributed by atoms with Crippen molar-refractivity contribution >= 4 is 11.9 Å². The molecule has 1 rings (SSSR count). The van der Waals surface area contributed by atoms with E-state index in [-0.39, 0.29) is 0 Å². The Bertz CT molecular complexity index is 442. The molecule has 0 aliphatic carbocycles. The van der Waals surface area contributed by atoms with Crippen LogP contribution in [0.1, 0.15) is 17.3 Å². The van der Waals surface area contributed by atoms with Crippen LogP contribution in [0.2, 0.25) is 0 Å². The van der Waals surface area contributed by atoms with Crippen molar-refractivity contribution in [2.45, 2.75) is 13.0 Å². The van der Waals surface area contributed by atoms with Crippen molar-refractivity contribution in [3.63, 3.8) is 0 Å². The van der Waals surface area contributed by atoms with Crippen molar-refractivity contribution in [2.75, 3.05) is 7.05 Å². The van der Waals surface area contributed by atoms with Crippen molar-refractivity contribution < 1.29 is 23.5 Å². The molecule has 0 heterocycles. The van der Waals surface area contributed by atoms with Crippen molar-refractivity contribution in [3.05, 3.63) is 35.4 Å². The van der Waals surface area contributed by atoms with Crippen LogP contribution in [0.5, 0.6) is 0 Å². The number of carbonyl (C=O) groups excluding carboxylic acids is 1. The standard InChI is InChI=1S/C11H11F2NO3/c1-6(11(16)17)14(2)10(15)9-7(12)4-3-5-8(9)13/h3-6H,1-2H3,(H,16,17). The minimum atomic E-state index is -1.25. The van der Waals surface area contributed by atoms with Gasteiger partial charge in [0.15, 0.2) is 0 Å². The number of nitrogens with zero attached hydrogens (tertiary/aromatic N) is 1. The summed E-state index contributed by atoms with van der Waals surface area (Å²) in [6.45, 7) is 1.25. The molecule has 1 amide bonds. The van der Waals surface area contributed by atoms with Crippen LogP contribution in [0.4, 0.5) is 8.78 Å². The van der Waals surface area contributed by atoms with E-state index in [1.165, 1.54) is 14.0 Å². The first-order valence-electron chi connectivity index (χ1n) is 4.80. The average Bonchev–Trinajstić information content (AvgIpc) is 2.26. The number of carboxylic acid groups (broad SMARTS) is 1. The van der Waals surface area contributed by atoms with E-state index in [1.807, 2.05) is 0 Å². The van der Waals surface area contributed by atoms with Gasteiger partial charge in [0.05, 0.1) is 0 Å². The molecule has 0 bridgehead atoms. The van der Waals surface area contributed by atoms with Crippen molar-refractivity contribution in [1.29, 1.82) is 0 Å². The summed E-state index contributed by atoms with van der Waals surface area (Å²) in [5.41, 5.74) is -0.747. The summed E-state index contributed by atoms with van der Waals surface area (Å²) in [6, 6.07) is 1.84. The molecule has 0 aliphatic heterocycles. The van der Waals surface area contributed by atoms with E-state index in [0.717, 1.165) is 23.1 Å². The molecule has 92 valence electrons. The zero-order valence-corrected chi connectivity index (χ0v) is 9.28. The molecule has 0 aliphatic rings. The quantitative estimate of drug-likeness (QED) is 0.875. The second-order valence-electron chi connectivity index (χ2n) is 3.53. The molecule has 4 nitrogen and oxygen atoms in total. The van der Waals surface area contributed by atoms with Gasteiger partial charge in [-0.15, -0.1) is 0 Å². The van der Waals surface area contributed by atoms with Gasteiger partial charge in [-0.2, -0.15) is 0 Å². The summed E-state index contributed by atoms with van der Waals surface area (Å²) in [4.78, 5) is 23.1. The third kappa shape index (κ3) is 2.58. The third-order valence-electron chi connectivity index (χ3n) is 2.44. The SMILES string of the molecule is CC(C(=O)O)N(C)C(=O)c1c(F)cccc1F. The lowest BCUT2D eigenvalue weighted by Crippen LogP contribution is -2.40. The van der Waals surface area contributed by atoms with Crippen LogP contribution in [0, 0.1) is 11.6 Å². The number of rotatable bonds is 3. The third-order valence-corrected chi connectivity index (χ3v) is 2.44. The first-order chi connectivity index (χ1) is 7.86. The molecule has 0 saturated heterocycles. The Morgan fingerprint density at radius 2 is 1.76 bits per heavy atom. The normalized spacial score (nSPS) is 12.0. The fraction of sp³-hybridized carbons (Fsp3) is 0.273.